The molecule has 0 radical (unpaired) electrons. The lowest BCUT2D eigenvalue weighted by Crippen LogP contribution is -2.14. The first-order valence-corrected chi connectivity index (χ1v) is 5.65. The molecule has 0 atom stereocenters. The molecule has 0 unspecified atom stereocenters. The van der Waals surface area contributed by atoms with Crippen LogP contribution in [0.2, 0.25) is 5.02 Å². The van der Waals surface area contributed by atoms with E-state index in [2.05, 4.69) is 10.4 Å². The van der Waals surface area contributed by atoms with Crippen LogP contribution in [0, 0.1) is 6.92 Å². The number of halogens is 1. The second kappa shape index (κ2) is 4.70. The highest BCUT2D eigenvalue weighted by Gasteiger charge is 2.13. The normalized spacial score (nSPS) is 10.4. The number of hydrogen-bond acceptors (Lipinski definition) is 3. The molecule has 2 aromatic rings. The van der Waals surface area contributed by atoms with Crippen molar-refractivity contribution in [1.29, 1.82) is 0 Å². The number of aromatic hydroxyl groups is 1. The fourth-order valence-corrected chi connectivity index (χ4v) is 1.77. The lowest BCUT2D eigenvalue weighted by atomic mass is 10.2. The van der Waals surface area contributed by atoms with Gasteiger partial charge in [0.2, 0.25) is 0 Å². The Balaban J connectivity index is 2.24. The van der Waals surface area contributed by atoms with Crippen LogP contribution < -0.4 is 5.32 Å². The minimum atomic E-state index is -0.410. The third-order valence-corrected chi connectivity index (χ3v) is 2.68. The Labute approximate surface area is 109 Å². The summed E-state index contributed by atoms with van der Waals surface area (Å²) < 4.78 is 1.56. The van der Waals surface area contributed by atoms with Gasteiger partial charge in [-0.05, 0) is 25.1 Å². The highest BCUT2D eigenvalue weighted by molar-refractivity contribution is 6.30. The predicted molar refractivity (Wildman–Crippen MR) is 69.0 cm³/mol. The van der Waals surface area contributed by atoms with Crippen molar-refractivity contribution in [2.45, 2.75) is 6.92 Å². The number of anilines is 1. The van der Waals surface area contributed by atoms with Crippen molar-refractivity contribution in [3.63, 3.8) is 0 Å². The van der Waals surface area contributed by atoms with Gasteiger partial charge in [0.05, 0.1) is 11.3 Å². The quantitative estimate of drug-likeness (QED) is 0.876. The van der Waals surface area contributed by atoms with E-state index in [1.54, 1.807) is 23.9 Å². The Morgan fingerprint density at radius 3 is 2.72 bits per heavy atom. The van der Waals surface area contributed by atoms with Gasteiger partial charge in [0.25, 0.3) is 5.91 Å². The molecule has 2 N–H and O–H groups in total. The van der Waals surface area contributed by atoms with Crippen molar-refractivity contribution in [3.05, 3.63) is 40.5 Å². The summed E-state index contributed by atoms with van der Waals surface area (Å²) in [5.74, 6) is -0.00194. The number of hydrogen-bond donors (Lipinski definition) is 2. The summed E-state index contributed by atoms with van der Waals surface area (Å²) in [4.78, 5) is 12.0. The number of carbonyl (C=O) groups excluding carboxylic acids is 1. The summed E-state index contributed by atoms with van der Waals surface area (Å²) in [6, 6.07) is 6.08. The molecular weight excluding hydrogens is 254 g/mol. The minimum absolute atomic E-state index is 0.154. The Kier molecular flexibility index (Phi) is 3.25. The van der Waals surface area contributed by atoms with Crippen molar-refractivity contribution < 1.29 is 9.90 Å². The summed E-state index contributed by atoms with van der Waals surface area (Å²) in [5.41, 5.74) is 0.964. The van der Waals surface area contributed by atoms with E-state index in [4.69, 9.17) is 11.6 Å². The predicted octanol–water partition coefficient (Wildman–Crippen LogP) is 2.34. The van der Waals surface area contributed by atoms with Crippen LogP contribution >= 0.6 is 11.6 Å². The third kappa shape index (κ3) is 2.46. The maximum atomic E-state index is 12.0. The van der Waals surface area contributed by atoms with Gasteiger partial charge in [-0.15, -0.1) is 0 Å². The fraction of sp³-hybridized carbons (Fsp3) is 0.167. The van der Waals surface area contributed by atoms with Crippen LogP contribution in [0.1, 0.15) is 16.1 Å². The van der Waals surface area contributed by atoms with Crippen LogP contribution in [0.25, 0.3) is 0 Å². The van der Waals surface area contributed by atoms with E-state index >= 15 is 0 Å². The standard InChI is InChI=1S/C12H12ClN3O2/c1-7-5-11(16(2)15-7)14-12(18)9-4-3-8(13)6-10(9)17/h3-6,17H,1-2H3,(H,14,18). The fourth-order valence-electron chi connectivity index (χ4n) is 1.61. The minimum Gasteiger partial charge on any atom is -0.507 e. The van der Waals surface area contributed by atoms with Crippen LogP contribution in [0.5, 0.6) is 5.75 Å². The molecule has 0 aliphatic heterocycles. The number of aryl methyl sites for hydroxylation is 2. The Hall–Kier alpha value is -2.01. The average molecular weight is 266 g/mol. The number of phenolic OH excluding ortho intramolecular Hbond substituents is 1. The molecule has 0 saturated carbocycles. The van der Waals surface area contributed by atoms with E-state index in [0.29, 0.717) is 10.8 Å². The van der Waals surface area contributed by atoms with E-state index in [1.165, 1.54) is 12.1 Å². The molecule has 94 valence electrons. The van der Waals surface area contributed by atoms with Gasteiger partial charge in [-0.1, -0.05) is 11.6 Å². The van der Waals surface area contributed by atoms with Gasteiger partial charge in [-0.3, -0.25) is 9.48 Å². The van der Waals surface area contributed by atoms with Gasteiger partial charge in [-0.2, -0.15) is 5.10 Å². The van der Waals surface area contributed by atoms with Crippen molar-refractivity contribution in [2.24, 2.45) is 7.05 Å². The monoisotopic (exact) mass is 265 g/mol. The van der Waals surface area contributed by atoms with Gasteiger partial charge in [0, 0.05) is 18.1 Å². The molecule has 5 nitrogen and oxygen atoms in total. The molecule has 18 heavy (non-hydrogen) atoms. The van der Waals surface area contributed by atoms with Crippen LogP contribution in [0.4, 0.5) is 5.82 Å². The topological polar surface area (TPSA) is 67.2 Å². The highest BCUT2D eigenvalue weighted by Crippen LogP contribution is 2.22. The lowest BCUT2D eigenvalue weighted by Gasteiger charge is -2.06. The van der Waals surface area contributed by atoms with E-state index in [1.807, 2.05) is 6.92 Å². The second-order valence-corrected chi connectivity index (χ2v) is 4.35. The van der Waals surface area contributed by atoms with Crippen LogP contribution in [0.15, 0.2) is 24.3 Å². The molecule has 1 heterocycles. The van der Waals surface area contributed by atoms with Gasteiger partial charge in [-0.25, -0.2) is 0 Å². The molecule has 1 aromatic carbocycles. The molecule has 6 heteroatoms. The Morgan fingerprint density at radius 2 is 2.17 bits per heavy atom. The SMILES string of the molecule is Cc1cc(NC(=O)c2ccc(Cl)cc2O)n(C)n1. The number of amides is 1. The molecule has 0 bridgehead atoms. The third-order valence-electron chi connectivity index (χ3n) is 2.45. The van der Waals surface area contributed by atoms with E-state index in [0.717, 1.165) is 5.69 Å². The average Bonchev–Trinajstić information content (AvgIpc) is 2.57. The molecule has 0 aliphatic rings. The molecule has 0 fully saturated rings. The van der Waals surface area contributed by atoms with Crippen molar-refractivity contribution >= 4 is 23.3 Å². The first-order chi connectivity index (χ1) is 8.47. The van der Waals surface area contributed by atoms with Crippen LogP contribution in [-0.4, -0.2) is 20.8 Å². The largest absolute Gasteiger partial charge is 0.507 e. The van der Waals surface area contributed by atoms with Gasteiger partial charge in [0.1, 0.15) is 11.6 Å². The highest BCUT2D eigenvalue weighted by atomic mass is 35.5. The number of nitrogens with one attached hydrogen (secondary N) is 1. The van der Waals surface area contributed by atoms with Crippen molar-refractivity contribution in [1.82, 2.24) is 9.78 Å². The smallest absolute Gasteiger partial charge is 0.260 e. The molecular formula is C12H12ClN3O2. The summed E-state index contributed by atoms with van der Waals surface area (Å²) in [7, 11) is 1.73. The Bertz CT molecular complexity index is 607. The molecule has 1 aromatic heterocycles. The number of rotatable bonds is 2. The van der Waals surface area contributed by atoms with Crippen molar-refractivity contribution in [2.75, 3.05) is 5.32 Å². The maximum absolute atomic E-state index is 12.0. The molecule has 0 spiro atoms. The van der Waals surface area contributed by atoms with E-state index in [9.17, 15) is 9.90 Å². The number of aromatic nitrogens is 2. The molecule has 2 rings (SSSR count). The van der Waals surface area contributed by atoms with E-state index in [-0.39, 0.29) is 11.3 Å². The summed E-state index contributed by atoms with van der Waals surface area (Å²) in [6.45, 7) is 1.83. The zero-order chi connectivity index (χ0) is 13.3. The maximum Gasteiger partial charge on any atom is 0.260 e. The molecule has 0 saturated heterocycles. The van der Waals surface area contributed by atoms with Crippen molar-refractivity contribution in [3.8, 4) is 5.75 Å². The number of carbonyl (C=O) groups is 1. The first-order valence-electron chi connectivity index (χ1n) is 5.28. The van der Waals surface area contributed by atoms with Gasteiger partial charge < -0.3 is 10.4 Å². The lowest BCUT2D eigenvalue weighted by molar-refractivity contribution is 0.102. The Morgan fingerprint density at radius 1 is 1.44 bits per heavy atom. The zero-order valence-electron chi connectivity index (χ0n) is 9.94. The second-order valence-electron chi connectivity index (χ2n) is 3.91. The number of nitrogens with zero attached hydrogens (tertiary/aromatic N) is 2. The number of phenols is 1. The van der Waals surface area contributed by atoms with Gasteiger partial charge in [0.15, 0.2) is 0 Å². The summed E-state index contributed by atoms with van der Waals surface area (Å²) in [6.07, 6.45) is 0. The van der Waals surface area contributed by atoms with Crippen LogP contribution in [-0.2, 0) is 7.05 Å². The molecule has 0 aliphatic carbocycles. The van der Waals surface area contributed by atoms with Crippen LogP contribution in [0.3, 0.4) is 0 Å². The summed E-state index contributed by atoms with van der Waals surface area (Å²) in [5, 5.41) is 16.8. The van der Waals surface area contributed by atoms with Gasteiger partial charge >= 0.3 is 0 Å². The summed E-state index contributed by atoms with van der Waals surface area (Å²) >= 11 is 5.70. The first kappa shape index (κ1) is 12.4. The zero-order valence-corrected chi connectivity index (χ0v) is 10.7. The molecule has 1 amide bonds. The number of benzene rings is 1. The van der Waals surface area contributed by atoms with E-state index < -0.39 is 5.91 Å².